The van der Waals surface area contributed by atoms with Crippen molar-refractivity contribution in [1.29, 1.82) is 0 Å². The van der Waals surface area contributed by atoms with Crippen molar-refractivity contribution in [3.8, 4) is 0 Å². The van der Waals surface area contributed by atoms with Gasteiger partial charge in [-0.15, -0.1) is 0 Å². The Labute approximate surface area is 203 Å². The fourth-order valence-electron chi connectivity index (χ4n) is 4.28. The second-order valence-electron chi connectivity index (χ2n) is 9.64. The van der Waals surface area contributed by atoms with Crippen molar-refractivity contribution < 1.29 is 33.0 Å². The summed E-state index contributed by atoms with van der Waals surface area (Å²) in [5, 5.41) is 5.01. The predicted molar refractivity (Wildman–Crippen MR) is 123 cm³/mol. The largest absolute Gasteiger partial charge is 0.444 e. The maximum Gasteiger partial charge on any atom is 0.412 e. The van der Waals surface area contributed by atoms with Crippen molar-refractivity contribution >= 4 is 35.4 Å². The first-order valence-corrected chi connectivity index (χ1v) is 11.5. The van der Waals surface area contributed by atoms with Crippen LogP contribution < -0.4 is 10.6 Å². The van der Waals surface area contributed by atoms with Crippen LogP contribution in [0.2, 0.25) is 5.02 Å². The number of carbonyl (C=O) groups excluding carboxylic acids is 3. The third-order valence-corrected chi connectivity index (χ3v) is 6.09. The first-order valence-electron chi connectivity index (χ1n) is 11.1. The number of halogens is 2. The highest BCUT2D eigenvalue weighted by molar-refractivity contribution is 6.31. The van der Waals surface area contributed by atoms with Crippen molar-refractivity contribution in [2.24, 2.45) is 0 Å². The summed E-state index contributed by atoms with van der Waals surface area (Å²) in [5.74, 6) is -1.11. The number of nitrogens with zero attached hydrogens (tertiary/aromatic N) is 1. The maximum atomic E-state index is 15.1. The molecule has 0 unspecified atom stereocenters. The van der Waals surface area contributed by atoms with E-state index in [0.717, 1.165) is 0 Å². The number of benzene rings is 1. The Kier molecular flexibility index (Phi) is 7.62. The van der Waals surface area contributed by atoms with Gasteiger partial charge in [0.2, 0.25) is 5.91 Å². The van der Waals surface area contributed by atoms with Crippen LogP contribution in [-0.4, -0.2) is 60.9 Å². The number of carbonyl (C=O) groups is 3. The molecule has 0 saturated carbocycles. The monoisotopic (exact) mass is 499 g/mol. The molecule has 1 spiro atoms. The standard InChI is InChI=1S/C23H31ClFN3O6/c1-13(32-5)11-16(27-20(30)33-22(2,3)4)19(29)28-10-6-9-23(12-28)17-15(26-21(31)34-23)8-7-14(24)18(17)25/h7-8,13,16H,6,9-12H2,1-5H3,(H,26,31)(H,27,30)/t13-,16-,23-/m0/s1. The summed E-state index contributed by atoms with van der Waals surface area (Å²) >= 11 is 6.02. The van der Waals surface area contributed by atoms with Crippen molar-refractivity contribution in [3.63, 3.8) is 0 Å². The molecule has 188 valence electrons. The third kappa shape index (κ3) is 5.72. The highest BCUT2D eigenvalue weighted by Crippen LogP contribution is 2.45. The Hall–Kier alpha value is -2.59. The summed E-state index contributed by atoms with van der Waals surface area (Å²) in [5.41, 5.74) is -1.78. The molecule has 1 aromatic carbocycles. The van der Waals surface area contributed by atoms with Crippen LogP contribution in [0.4, 0.5) is 19.7 Å². The van der Waals surface area contributed by atoms with E-state index in [2.05, 4.69) is 10.6 Å². The molecule has 3 amide bonds. The third-order valence-electron chi connectivity index (χ3n) is 5.80. The van der Waals surface area contributed by atoms with Crippen LogP contribution in [0.5, 0.6) is 0 Å². The van der Waals surface area contributed by atoms with E-state index in [1.807, 2.05) is 0 Å². The Morgan fingerprint density at radius 2 is 2.09 bits per heavy atom. The lowest BCUT2D eigenvalue weighted by molar-refractivity contribution is -0.142. The average molecular weight is 500 g/mol. The molecule has 2 aliphatic heterocycles. The Morgan fingerprint density at radius 3 is 2.74 bits per heavy atom. The van der Waals surface area contributed by atoms with Crippen LogP contribution >= 0.6 is 11.6 Å². The average Bonchev–Trinajstić information content (AvgIpc) is 2.73. The van der Waals surface area contributed by atoms with E-state index in [1.165, 1.54) is 24.1 Å². The summed E-state index contributed by atoms with van der Waals surface area (Å²) in [6, 6.07) is 1.91. The van der Waals surface area contributed by atoms with E-state index in [1.54, 1.807) is 27.7 Å². The van der Waals surface area contributed by atoms with Gasteiger partial charge in [-0.1, -0.05) is 11.6 Å². The molecule has 11 heteroatoms. The number of ether oxygens (including phenoxy) is 3. The number of methoxy groups -OCH3 is 1. The minimum Gasteiger partial charge on any atom is -0.444 e. The second-order valence-corrected chi connectivity index (χ2v) is 10.0. The van der Waals surface area contributed by atoms with Gasteiger partial charge < -0.3 is 24.4 Å². The van der Waals surface area contributed by atoms with Crippen LogP contribution in [0.25, 0.3) is 0 Å². The minimum atomic E-state index is -1.40. The van der Waals surface area contributed by atoms with Crippen LogP contribution in [0.3, 0.4) is 0 Å². The molecule has 2 heterocycles. The van der Waals surface area contributed by atoms with E-state index in [-0.39, 0.29) is 35.3 Å². The summed E-state index contributed by atoms with van der Waals surface area (Å²) in [6.45, 7) is 7.19. The van der Waals surface area contributed by atoms with Crippen molar-refractivity contribution in [3.05, 3.63) is 28.5 Å². The van der Waals surface area contributed by atoms with Crippen molar-refractivity contribution in [2.45, 2.75) is 70.3 Å². The van der Waals surface area contributed by atoms with Gasteiger partial charge in [0.1, 0.15) is 11.6 Å². The lowest BCUT2D eigenvalue weighted by atomic mass is 9.82. The molecule has 3 rings (SSSR count). The number of fused-ring (bicyclic) bond motifs is 2. The molecule has 1 aromatic rings. The minimum absolute atomic E-state index is 0.0859. The zero-order valence-corrected chi connectivity index (χ0v) is 20.8. The lowest BCUT2D eigenvalue weighted by Crippen LogP contribution is -2.58. The van der Waals surface area contributed by atoms with Crippen LogP contribution in [-0.2, 0) is 24.6 Å². The molecular weight excluding hydrogens is 469 g/mol. The van der Waals surface area contributed by atoms with Crippen molar-refractivity contribution in [1.82, 2.24) is 10.2 Å². The van der Waals surface area contributed by atoms with Gasteiger partial charge in [-0.25, -0.2) is 14.0 Å². The number of nitrogens with one attached hydrogen (secondary N) is 2. The molecule has 0 radical (unpaired) electrons. The van der Waals surface area contributed by atoms with Gasteiger partial charge in [-0.3, -0.25) is 10.1 Å². The summed E-state index contributed by atoms with van der Waals surface area (Å²) in [4.78, 5) is 39.7. The van der Waals surface area contributed by atoms with Crippen molar-refractivity contribution in [2.75, 3.05) is 25.5 Å². The predicted octanol–water partition coefficient (Wildman–Crippen LogP) is 4.18. The van der Waals surface area contributed by atoms with E-state index in [0.29, 0.717) is 19.4 Å². The van der Waals surface area contributed by atoms with Crippen LogP contribution in [0.1, 0.15) is 52.5 Å². The van der Waals surface area contributed by atoms with Crippen LogP contribution in [0.15, 0.2) is 12.1 Å². The van der Waals surface area contributed by atoms with E-state index < -0.39 is 41.2 Å². The zero-order valence-electron chi connectivity index (χ0n) is 20.0. The molecule has 0 aliphatic carbocycles. The summed E-state index contributed by atoms with van der Waals surface area (Å²) in [7, 11) is 1.51. The number of amides is 3. The number of hydrogen-bond donors (Lipinski definition) is 2. The Balaban J connectivity index is 1.89. The molecular formula is C23H31ClFN3O6. The SMILES string of the molecule is CO[C@@H](C)C[C@H](NC(=O)OC(C)(C)C)C(=O)N1CCC[C@@]2(C1)OC(=O)Nc1ccc(Cl)c(F)c12. The molecule has 3 atom stereocenters. The fourth-order valence-corrected chi connectivity index (χ4v) is 4.44. The normalized spacial score (nSPS) is 21.7. The lowest BCUT2D eigenvalue weighted by Gasteiger charge is -2.45. The summed E-state index contributed by atoms with van der Waals surface area (Å²) < 4.78 is 31.3. The number of piperidine rings is 1. The van der Waals surface area contributed by atoms with Gasteiger partial charge in [-0.2, -0.15) is 0 Å². The molecule has 0 bridgehead atoms. The topological polar surface area (TPSA) is 106 Å². The van der Waals surface area contributed by atoms with E-state index >= 15 is 4.39 Å². The Bertz CT molecular complexity index is 969. The highest BCUT2D eigenvalue weighted by Gasteiger charge is 2.49. The van der Waals surface area contributed by atoms with Gasteiger partial charge in [-0.05, 0) is 52.7 Å². The number of alkyl carbamates (subject to hydrolysis) is 1. The number of hydrogen-bond acceptors (Lipinski definition) is 6. The molecule has 34 heavy (non-hydrogen) atoms. The summed E-state index contributed by atoms with van der Waals surface area (Å²) in [6.07, 6.45) is -0.860. The zero-order chi connectivity index (χ0) is 25.3. The molecule has 9 nitrogen and oxygen atoms in total. The quantitative estimate of drug-likeness (QED) is 0.629. The molecule has 1 saturated heterocycles. The molecule has 2 aliphatic rings. The van der Waals surface area contributed by atoms with Gasteiger partial charge in [0.15, 0.2) is 11.4 Å². The van der Waals surface area contributed by atoms with Crippen LogP contribution in [0, 0.1) is 5.82 Å². The molecule has 2 N–H and O–H groups in total. The van der Waals surface area contributed by atoms with Gasteiger partial charge in [0.05, 0.1) is 28.9 Å². The second kappa shape index (κ2) is 9.95. The van der Waals surface area contributed by atoms with Gasteiger partial charge in [0.25, 0.3) is 0 Å². The number of rotatable bonds is 5. The van der Waals surface area contributed by atoms with Gasteiger partial charge >= 0.3 is 12.2 Å². The number of likely N-dealkylation sites (tertiary alicyclic amines) is 1. The fraction of sp³-hybridized carbons (Fsp3) is 0.609. The smallest absolute Gasteiger partial charge is 0.412 e. The van der Waals surface area contributed by atoms with E-state index in [9.17, 15) is 14.4 Å². The number of anilines is 1. The molecule has 0 aromatic heterocycles. The first kappa shape index (κ1) is 26.0. The Morgan fingerprint density at radius 1 is 1.38 bits per heavy atom. The highest BCUT2D eigenvalue weighted by atomic mass is 35.5. The maximum absolute atomic E-state index is 15.1. The van der Waals surface area contributed by atoms with Gasteiger partial charge in [0, 0.05) is 20.1 Å². The molecule has 1 fully saturated rings. The van der Waals surface area contributed by atoms with E-state index in [4.69, 9.17) is 25.8 Å². The first-order chi connectivity index (χ1) is 15.8.